The molecule has 0 N–H and O–H groups in total. The number of imidazole rings is 1. The van der Waals surface area contributed by atoms with Gasteiger partial charge in [-0.3, -0.25) is 14.2 Å². The van der Waals surface area contributed by atoms with E-state index < -0.39 is 0 Å². The van der Waals surface area contributed by atoms with Crippen LogP contribution in [0.3, 0.4) is 0 Å². The molecule has 0 saturated carbocycles. The van der Waals surface area contributed by atoms with E-state index in [2.05, 4.69) is 86.4 Å². The number of hydrogen-bond acceptors (Lipinski definition) is 4. The lowest BCUT2D eigenvalue weighted by molar-refractivity contribution is 0.121. The monoisotopic (exact) mass is 388 g/mol. The van der Waals surface area contributed by atoms with Gasteiger partial charge >= 0.3 is 0 Å². The van der Waals surface area contributed by atoms with Crippen molar-refractivity contribution in [1.82, 2.24) is 19.2 Å². The molecule has 2 aromatic heterocycles. The molecule has 0 unspecified atom stereocenters. The van der Waals surface area contributed by atoms with E-state index in [1.165, 1.54) is 16.8 Å². The van der Waals surface area contributed by atoms with E-state index in [-0.39, 0.29) is 0 Å². The van der Waals surface area contributed by atoms with Gasteiger partial charge in [-0.25, -0.2) is 4.98 Å². The molecule has 4 nitrogen and oxygen atoms in total. The molecule has 5 rings (SSSR count). The fourth-order valence-corrected chi connectivity index (χ4v) is 4.70. The third-order valence-electron chi connectivity index (χ3n) is 5.50. The highest BCUT2D eigenvalue weighted by atomic mass is 32.1. The number of piperazine rings is 1. The molecule has 28 heavy (non-hydrogen) atoms. The molecule has 0 amide bonds. The van der Waals surface area contributed by atoms with Crippen molar-refractivity contribution in [1.29, 1.82) is 0 Å². The third kappa shape index (κ3) is 3.61. The molecule has 142 valence electrons. The summed E-state index contributed by atoms with van der Waals surface area (Å²) in [6.45, 7) is 6.41. The van der Waals surface area contributed by atoms with E-state index >= 15 is 0 Å². The first-order valence-electron chi connectivity index (χ1n) is 9.85. The summed E-state index contributed by atoms with van der Waals surface area (Å²) >= 11 is 1.71. The van der Waals surface area contributed by atoms with Gasteiger partial charge in [0.1, 0.15) is 0 Å². The normalized spacial score (nSPS) is 16.0. The highest BCUT2D eigenvalue weighted by molar-refractivity contribution is 7.15. The largest absolute Gasteiger partial charge is 0.297 e. The van der Waals surface area contributed by atoms with Gasteiger partial charge in [-0.1, -0.05) is 60.7 Å². The van der Waals surface area contributed by atoms with Crippen LogP contribution >= 0.6 is 11.3 Å². The Hall–Kier alpha value is -2.47. The Morgan fingerprint density at radius 1 is 0.786 bits per heavy atom. The molecule has 0 atom stereocenters. The van der Waals surface area contributed by atoms with Gasteiger partial charge in [-0.2, -0.15) is 0 Å². The Morgan fingerprint density at radius 2 is 1.43 bits per heavy atom. The first kappa shape index (κ1) is 17.6. The van der Waals surface area contributed by atoms with Crippen molar-refractivity contribution in [2.75, 3.05) is 26.2 Å². The Kier molecular flexibility index (Phi) is 4.95. The fourth-order valence-electron chi connectivity index (χ4n) is 3.97. The number of rotatable bonds is 5. The summed E-state index contributed by atoms with van der Waals surface area (Å²) in [4.78, 5) is 11.1. The summed E-state index contributed by atoms with van der Waals surface area (Å²) in [7, 11) is 0. The average molecular weight is 389 g/mol. The van der Waals surface area contributed by atoms with Gasteiger partial charge in [0.15, 0.2) is 4.96 Å². The standard InChI is InChI=1S/C23H24N4S/c1-3-7-19(8-4-1)17-25-11-13-26(14-12-25)18-21-22(20-9-5-2-6-10-20)24-23-27(21)15-16-28-23/h1-10,15-16H,11-14,17-18H2. The van der Waals surface area contributed by atoms with E-state index in [0.29, 0.717) is 0 Å². The minimum atomic E-state index is 0.946. The summed E-state index contributed by atoms with van der Waals surface area (Å²) in [6.07, 6.45) is 2.15. The molecule has 4 aromatic rings. The Labute approximate surface area is 169 Å². The average Bonchev–Trinajstić information content (AvgIpc) is 3.34. The van der Waals surface area contributed by atoms with Gasteiger partial charge in [0.2, 0.25) is 0 Å². The van der Waals surface area contributed by atoms with Crippen molar-refractivity contribution in [2.45, 2.75) is 13.1 Å². The van der Waals surface area contributed by atoms with Crippen molar-refractivity contribution < 1.29 is 0 Å². The number of nitrogens with zero attached hydrogens (tertiary/aromatic N) is 4. The first-order valence-corrected chi connectivity index (χ1v) is 10.7. The van der Waals surface area contributed by atoms with Crippen molar-refractivity contribution in [3.05, 3.63) is 83.5 Å². The lowest BCUT2D eigenvalue weighted by atomic mass is 10.1. The molecular weight excluding hydrogens is 364 g/mol. The Bertz CT molecular complexity index is 1030. The van der Waals surface area contributed by atoms with E-state index in [4.69, 9.17) is 4.98 Å². The summed E-state index contributed by atoms with van der Waals surface area (Å²) in [5, 5.41) is 2.12. The maximum Gasteiger partial charge on any atom is 0.194 e. The number of fused-ring (bicyclic) bond motifs is 1. The van der Waals surface area contributed by atoms with Crippen LogP contribution < -0.4 is 0 Å². The maximum atomic E-state index is 4.92. The van der Waals surface area contributed by atoms with Gasteiger partial charge in [-0.05, 0) is 5.56 Å². The van der Waals surface area contributed by atoms with Crippen LogP contribution in [0.5, 0.6) is 0 Å². The molecule has 5 heteroatoms. The van der Waals surface area contributed by atoms with E-state index in [1.54, 1.807) is 11.3 Å². The van der Waals surface area contributed by atoms with Crippen molar-refractivity contribution in [2.24, 2.45) is 0 Å². The first-order chi connectivity index (χ1) is 13.9. The number of thiazole rings is 1. The molecule has 1 fully saturated rings. The second-order valence-corrected chi connectivity index (χ2v) is 8.24. The van der Waals surface area contributed by atoms with Gasteiger partial charge < -0.3 is 0 Å². The van der Waals surface area contributed by atoms with E-state index in [0.717, 1.165) is 49.9 Å². The molecule has 2 aromatic carbocycles. The zero-order valence-electron chi connectivity index (χ0n) is 15.9. The topological polar surface area (TPSA) is 23.8 Å². The SMILES string of the molecule is c1ccc(CN2CCN(Cc3c(-c4ccccc4)nc4sccn34)CC2)cc1. The van der Waals surface area contributed by atoms with Crippen LogP contribution in [0.25, 0.3) is 16.2 Å². The molecule has 1 saturated heterocycles. The van der Waals surface area contributed by atoms with Gasteiger partial charge in [-0.15, -0.1) is 11.3 Å². The van der Waals surface area contributed by atoms with Crippen LogP contribution in [0.15, 0.2) is 72.2 Å². The van der Waals surface area contributed by atoms with E-state index in [1.807, 2.05) is 0 Å². The van der Waals surface area contributed by atoms with Crippen LogP contribution in [0.2, 0.25) is 0 Å². The number of aromatic nitrogens is 2. The predicted molar refractivity (Wildman–Crippen MR) is 116 cm³/mol. The lowest BCUT2D eigenvalue weighted by Gasteiger charge is -2.34. The van der Waals surface area contributed by atoms with Crippen LogP contribution in [0, 0.1) is 0 Å². The molecular formula is C23H24N4S. The summed E-state index contributed by atoms with van der Waals surface area (Å²) in [5.74, 6) is 0. The second kappa shape index (κ2) is 7.87. The Balaban J connectivity index is 1.31. The molecule has 0 aliphatic carbocycles. The summed E-state index contributed by atoms with van der Waals surface area (Å²) in [6, 6.07) is 21.3. The zero-order valence-corrected chi connectivity index (χ0v) is 16.7. The number of hydrogen-bond donors (Lipinski definition) is 0. The van der Waals surface area contributed by atoms with Crippen LogP contribution in [0.4, 0.5) is 0 Å². The second-order valence-electron chi connectivity index (χ2n) is 7.37. The summed E-state index contributed by atoms with van der Waals surface area (Å²) in [5.41, 5.74) is 5.03. The van der Waals surface area contributed by atoms with Crippen molar-refractivity contribution >= 4 is 16.3 Å². The highest BCUT2D eigenvalue weighted by Gasteiger charge is 2.21. The van der Waals surface area contributed by atoms with Crippen molar-refractivity contribution in [3.63, 3.8) is 0 Å². The smallest absolute Gasteiger partial charge is 0.194 e. The quantitative estimate of drug-likeness (QED) is 0.507. The Morgan fingerprint density at radius 3 is 2.14 bits per heavy atom. The van der Waals surface area contributed by atoms with Crippen LogP contribution in [0.1, 0.15) is 11.3 Å². The molecule has 3 heterocycles. The van der Waals surface area contributed by atoms with Crippen LogP contribution in [-0.2, 0) is 13.1 Å². The third-order valence-corrected chi connectivity index (χ3v) is 6.25. The van der Waals surface area contributed by atoms with Crippen molar-refractivity contribution in [3.8, 4) is 11.3 Å². The zero-order chi connectivity index (χ0) is 18.8. The number of benzene rings is 2. The molecule has 0 spiro atoms. The molecule has 0 radical (unpaired) electrons. The summed E-state index contributed by atoms with van der Waals surface area (Å²) < 4.78 is 2.27. The maximum absolute atomic E-state index is 4.92. The van der Waals surface area contributed by atoms with Gasteiger partial charge in [0.25, 0.3) is 0 Å². The predicted octanol–water partition coefficient (Wildman–Crippen LogP) is 4.38. The van der Waals surface area contributed by atoms with E-state index in [9.17, 15) is 0 Å². The van der Waals surface area contributed by atoms with Crippen LogP contribution in [-0.4, -0.2) is 45.4 Å². The highest BCUT2D eigenvalue weighted by Crippen LogP contribution is 2.28. The lowest BCUT2D eigenvalue weighted by Crippen LogP contribution is -2.45. The van der Waals surface area contributed by atoms with Gasteiger partial charge in [0, 0.05) is 56.4 Å². The molecule has 0 bridgehead atoms. The molecule has 1 aliphatic rings. The van der Waals surface area contributed by atoms with Gasteiger partial charge in [0.05, 0.1) is 11.4 Å². The fraction of sp³-hybridized carbons (Fsp3) is 0.261. The minimum absolute atomic E-state index is 0.946. The molecule has 1 aliphatic heterocycles. The minimum Gasteiger partial charge on any atom is -0.297 e.